The Morgan fingerprint density at radius 2 is 1.91 bits per heavy atom. The summed E-state index contributed by atoms with van der Waals surface area (Å²) in [4.78, 5) is 24.6. The molecule has 1 aromatic rings. The number of hydrogen-bond acceptors (Lipinski definition) is 4. The van der Waals surface area contributed by atoms with Crippen LogP contribution in [0.5, 0.6) is 5.75 Å². The number of ether oxygens (including phenoxy) is 1. The zero-order valence-corrected chi connectivity index (χ0v) is 13.9. The van der Waals surface area contributed by atoms with Gasteiger partial charge in [-0.15, -0.1) is 12.4 Å². The Balaban J connectivity index is 0.00000441. The molecule has 0 radical (unpaired) electrons. The van der Waals surface area contributed by atoms with Gasteiger partial charge in [-0.05, 0) is 37.7 Å². The summed E-state index contributed by atoms with van der Waals surface area (Å²) >= 11 is 0. The molecule has 0 saturated heterocycles. The van der Waals surface area contributed by atoms with Crippen LogP contribution in [0.1, 0.15) is 19.8 Å². The first kappa shape index (κ1) is 20.2. The molecular weight excluding hydrogens is 308 g/mol. The van der Waals surface area contributed by atoms with E-state index in [0.717, 1.165) is 5.75 Å². The number of carboxylic acid groups (broad SMARTS) is 1. The number of nitrogens with zero attached hydrogens (tertiary/aromatic N) is 1. The molecular formula is C15H23ClN2O4. The number of carbonyl (C=O) groups excluding carboxylic acids is 1. The van der Waals surface area contributed by atoms with Crippen molar-refractivity contribution in [3.8, 4) is 5.75 Å². The first-order valence-electron chi connectivity index (χ1n) is 6.84. The molecule has 22 heavy (non-hydrogen) atoms. The standard InChI is InChI=1S/C15H22N2O4.ClH/c1-4-13(17(2)10-9-14(18)19)15(20)16-11-5-7-12(21-3)8-6-11;/h5-8,13H,4,9-10H2,1-3H3,(H,16,20)(H,18,19);1H. The van der Waals surface area contributed by atoms with Crippen LogP contribution in [0, 0.1) is 0 Å². The molecule has 7 heteroatoms. The van der Waals surface area contributed by atoms with Crippen LogP contribution in [0.4, 0.5) is 5.69 Å². The Hall–Kier alpha value is -1.79. The molecule has 1 unspecified atom stereocenters. The Morgan fingerprint density at radius 3 is 2.36 bits per heavy atom. The molecule has 1 amide bonds. The monoisotopic (exact) mass is 330 g/mol. The molecule has 0 saturated carbocycles. The summed E-state index contributed by atoms with van der Waals surface area (Å²) in [7, 11) is 3.34. The average molecular weight is 331 g/mol. The van der Waals surface area contributed by atoms with E-state index in [2.05, 4.69) is 5.32 Å². The molecule has 124 valence electrons. The van der Waals surface area contributed by atoms with Crippen LogP contribution < -0.4 is 10.1 Å². The van der Waals surface area contributed by atoms with E-state index in [4.69, 9.17) is 9.84 Å². The van der Waals surface area contributed by atoms with E-state index in [9.17, 15) is 9.59 Å². The number of methoxy groups -OCH3 is 1. The van der Waals surface area contributed by atoms with Gasteiger partial charge in [0.1, 0.15) is 5.75 Å². The molecule has 0 aromatic heterocycles. The zero-order valence-electron chi connectivity index (χ0n) is 13.0. The number of anilines is 1. The molecule has 0 heterocycles. The molecule has 0 aliphatic heterocycles. The fraction of sp³-hybridized carbons (Fsp3) is 0.467. The van der Waals surface area contributed by atoms with E-state index in [-0.39, 0.29) is 30.8 Å². The predicted octanol–water partition coefficient (Wildman–Crippen LogP) is 2.24. The topological polar surface area (TPSA) is 78.9 Å². The van der Waals surface area contributed by atoms with Gasteiger partial charge in [-0.2, -0.15) is 0 Å². The lowest BCUT2D eigenvalue weighted by Gasteiger charge is -2.25. The van der Waals surface area contributed by atoms with Crippen molar-refractivity contribution in [2.24, 2.45) is 0 Å². The number of aliphatic carboxylic acids is 1. The van der Waals surface area contributed by atoms with Crippen molar-refractivity contribution in [3.05, 3.63) is 24.3 Å². The Morgan fingerprint density at radius 1 is 1.32 bits per heavy atom. The number of nitrogens with one attached hydrogen (secondary N) is 1. The van der Waals surface area contributed by atoms with Crippen LogP contribution in [0.2, 0.25) is 0 Å². The quantitative estimate of drug-likeness (QED) is 0.764. The van der Waals surface area contributed by atoms with Crippen molar-refractivity contribution in [2.75, 3.05) is 26.0 Å². The second kappa shape index (κ2) is 10.0. The summed E-state index contributed by atoms with van der Waals surface area (Å²) in [6, 6.07) is 6.71. The van der Waals surface area contributed by atoms with E-state index in [0.29, 0.717) is 18.7 Å². The van der Waals surface area contributed by atoms with E-state index < -0.39 is 5.97 Å². The number of carboxylic acids is 1. The van der Waals surface area contributed by atoms with Gasteiger partial charge in [0, 0.05) is 12.2 Å². The van der Waals surface area contributed by atoms with Crippen molar-refractivity contribution < 1.29 is 19.4 Å². The minimum atomic E-state index is -0.868. The molecule has 6 nitrogen and oxygen atoms in total. The van der Waals surface area contributed by atoms with E-state index in [1.165, 1.54) is 0 Å². The van der Waals surface area contributed by atoms with Crippen LogP contribution in [0.25, 0.3) is 0 Å². The number of benzene rings is 1. The lowest BCUT2D eigenvalue weighted by Crippen LogP contribution is -2.42. The van der Waals surface area contributed by atoms with Gasteiger partial charge >= 0.3 is 5.97 Å². The van der Waals surface area contributed by atoms with Gasteiger partial charge in [-0.1, -0.05) is 6.92 Å². The smallest absolute Gasteiger partial charge is 0.304 e. The molecule has 1 rings (SSSR count). The van der Waals surface area contributed by atoms with Crippen molar-refractivity contribution in [1.82, 2.24) is 4.90 Å². The Labute approximate surface area is 136 Å². The Kier molecular flexibility index (Phi) is 9.21. The highest BCUT2D eigenvalue weighted by Crippen LogP contribution is 2.16. The third kappa shape index (κ3) is 6.32. The van der Waals surface area contributed by atoms with Crippen molar-refractivity contribution in [3.63, 3.8) is 0 Å². The minimum Gasteiger partial charge on any atom is -0.497 e. The minimum absolute atomic E-state index is 0. The highest BCUT2D eigenvalue weighted by molar-refractivity contribution is 5.94. The van der Waals surface area contributed by atoms with Gasteiger partial charge in [-0.3, -0.25) is 14.5 Å². The average Bonchev–Trinajstić information content (AvgIpc) is 2.46. The molecule has 0 aliphatic carbocycles. The predicted molar refractivity (Wildman–Crippen MR) is 87.8 cm³/mol. The van der Waals surface area contributed by atoms with Crippen molar-refractivity contribution in [2.45, 2.75) is 25.8 Å². The van der Waals surface area contributed by atoms with Crippen LogP contribution in [0.3, 0.4) is 0 Å². The lowest BCUT2D eigenvalue weighted by atomic mass is 10.1. The van der Waals surface area contributed by atoms with Crippen LogP contribution in [0.15, 0.2) is 24.3 Å². The number of rotatable bonds is 8. The fourth-order valence-corrected chi connectivity index (χ4v) is 2.02. The van der Waals surface area contributed by atoms with Gasteiger partial charge in [0.15, 0.2) is 0 Å². The molecule has 0 spiro atoms. The third-order valence-electron chi connectivity index (χ3n) is 3.26. The second-order valence-corrected chi connectivity index (χ2v) is 4.77. The van der Waals surface area contributed by atoms with E-state index >= 15 is 0 Å². The van der Waals surface area contributed by atoms with Crippen LogP contribution >= 0.6 is 12.4 Å². The van der Waals surface area contributed by atoms with Gasteiger partial charge in [0.2, 0.25) is 5.91 Å². The summed E-state index contributed by atoms with van der Waals surface area (Å²) in [6.07, 6.45) is 0.626. The van der Waals surface area contributed by atoms with Gasteiger partial charge in [0.25, 0.3) is 0 Å². The molecule has 1 aromatic carbocycles. The molecule has 2 N–H and O–H groups in total. The number of carbonyl (C=O) groups is 2. The first-order chi connectivity index (χ1) is 9.97. The maximum Gasteiger partial charge on any atom is 0.304 e. The summed E-state index contributed by atoms with van der Waals surface area (Å²) in [5, 5.41) is 11.5. The van der Waals surface area contributed by atoms with E-state index in [1.807, 2.05) is 6.92 Å². The highest BCUT2D eigenvalue weighted by Gasteiger charge is 2.21. The zero-order chi connectivity index (χ0) is 15.8. The van der Waals surface area contributed by atoms with Crippen LogP contribution in [-0.2, 0) is 9.59 Å². The number of likely N-dealkylation sites (N-methyl/N-ethyl adjacent to an activating group) is 1. The second-order valence-electron chi connectivity index (χ2n) is 4.77. The molecule has 0 fully saturated rings. The summed E-state index contributed by atoms with van der Waals surface area (Å²) in [5.41, 5.74) is 0.686. The number of hydrogen-bond donors (Lipinski definition) is 2. The lowest BCUT2D eigenvalue weighted by molar-refractivity contribution is -0.137. The van der Waals surface area contributed by atoms with Gasteiger partial charge < -0.3 is 15.2 Å². The van der Waals surface area contributed by atoms with Gasteiger partial charge in [-0.25, -0.2) is 0 Å². The van der Waals surface area contributed by atoms with E-state index in [1.54, 1.807) is 43.3 Å². The third-order valence-corrected chi connectivity index (χ3v) is 3.26. The summed E-state index contributed by atoms with van der Waals surface area (Å²) in [5.74, 6) is -0.290. The first-order valence-corrected chi connectivity index (χ1v) is 6.84. The summed E-state index contributed by atoms with van der Waals surface area (Å²) < 4.78 is 5.06. The van der Waals surface area contributed by atoms with Crippen molar-refractivity contribution >= 4 is 30.0 Å². The van der Waals surface area contributed by atoms with Gasteiger partial charge in [0.05, 0.1) is 19.6 Å². The molecule has 1 atom stereocenters. The fourth-order valence-electron chi connectivity index (χ4n) is 2.02. The normalized spacial score (nSPS) is 11.5. The van der Waals surface area contributed by atoms with Crippen molar-refractivity contribution in [1.29, 1.82) is 0 Å². The maximum atomic E-state index is 12.3. The molecule has 0 bridgehead atoms. The summed E-state index contributed by atoms with van der Waals surface area (Å²) in [6.45, 7) is 2.24. The SMILES string of the molecule is CCC(C(=O)Nc1ccc(OC)cc1)N(C)CCC(=O)O.Cl. The largest absolute Gasteiger partial charge is 0.497 e. The van der Waals surface area contributed by atoms with Crippen LogP contribution in [-0.4, -0.2) is 48.6 Å². The maximum absolute atomic E-state index is 12.3. The molecule has 0 aliphatic rings. The number of amides is 1. The highest BCUT2D eigenvalue weighted by atomic mass is 35.5. The number of halogens is 1. The Bertz CT molecular complexity index is 479.